The van der Waals surface area contributed by atoms with Gasteiger partial charge in [0.2, 0.25) is 0 Å². The van der Waals surface area contributed by atoms with E-state index < -0.39 is 0 Å². The number of ether oxygens (including phenoxy) is 4. The van der Waals surface area contributed by atoms with Crippen LogP contribution in [0.3, 0.4) is 0 Å². The average molecular weight is 510 g/mol. The van der Waals surface area contributed by atoms with Crippen LogP contribution in [0.5, 0.6) is 28.7 Å². The molecule has 0 bridgehead atoms. The number of benzene rings is 2. The summed E-state index contributed by atoms with van der Waals surface area (Å²) >= 11 is 3.35. The van der Waals surface area contributed by atoms with E-state index in [-0.39, 0.29) is 0 Å². The number of nitrogens with zero attached hydrogens (tertiary/aromatic N) is 2. The van der Waals surface area contributed by atoms with Crippen LogP contribution >= 0.6 is 15.9 Å². The first-order valence-electron chi connectivity index (χ1n) is 10.4. The van der Waals surface area contributed by atoms with Gasteiger partial charge < -0.3 is 24.3 Å². The van der Waals surface area contributed by atoms with Gasteiger partial charge in [-0.05, 0) is 58.7 Å². The molecule has 170 valence electrons. The lowest BCUT2D eigenvalue weighted by Crippen LogP contribution is -2.03. The second-order valence-electron chi connectivity index (χ2n) is 7.08. The van der Waals surface area contributed by atoms with Gasteiger partial charge in [0.1, 0.15) is 27.7 Å². The number of rotatable bonds is 9. The Morgan fingerprint density at radius 1 is 0.879 bits per heavy atom. The highest BCUT2D eigenvalue weighted by Gasteiger charge is 2.14. The molecule has 1 N–H and O–H groups in total. The zero-order valence-corrected chi connectivity index (χ0v) is 20.2. The number of anilines is 1. The molecule has 0 aliphatic rings. The summed E-state index contributed by atoms with van der Waals surface area (Å²) in [5.74, 6) is 3.95. The zero-order valence-electron chi connectivity index (χ0n) is 18.6. The quantitative estimate of drug-likeness (QED) is 0.268. The van der Waals surface area contributed by atoms with Crippen LogP contribution in [-0.4, -0.2) is 30.8 Å². The molecule has 4 aromatic rings. The van der Waals surface area contributed by atoms with Crippen LogP contribution in [0.1, 0.15) is 12.5 Å². The molecule has 2 aromatic heterocycles. The van der Waals surface area contributed by atoms with Crippen LogP contribution in [0, 0.1) is 0 Å². The SMILES string of the molecule is CCOc1ccc(CNc2cc(Oc3ccc(Br)nc3)c3cc(OC)c(OC)cc3n2)cc1. The number of fused-ring (bicyclic) bond motifs is 1. The molecule has 0 atom stereocenters. The summed E-state index contributed by atoms with van der Waals surface area (Å²) in [5.41, 5.74) is 1.82. The third-order valence-electron chi connectivity index (χ3n) is 4.91. The molecule has 2 aromatic carbocycles. The highest BCUT2D eigenvalue weighted by Crippen LogP contribution is 2.38. The second-order valence-corrected chi connectivity index (χ2v) is 7.89. The number of halogens is 1. The first kappa shape index (κ1) is 22.7. The van der Waals surface area contributed by atoms with Crippen LogP contribution in [0.15, 0.2) is 65.4 Å². The van der Waals surface area contributed by atoms with Gasteiger partial charge in [-0.2, -0.15) is 0 Å². The van der Waals surface area contributed by atoms with E-state index in [4.69, 9.17) is 23.9 Å². The zero-order chi connectivity index (χ0) is 23.2. The van der Waals surface area contributed by atoms with Gasteiger partial charge in [-0.1, -0.05) is 12.1 Å². The summed E-state index contributed by atoms with van der Waals surface area (Å²) < 4.78 is 23.4. The van der Waals surface area contributed by atoms with Crippen molar-refractivity contribution >= 4 is 32.7 Å². The summed E-state index contributed by atoms with van der Waals surface area (Å²) in [5, 5.41) is 4.17. The highest BCUT2D eigenvalue weighted by atomic mass is 79.9. The number of methoxy groups -OCH3 is 2. The Kier molecular flexibility index (Phi) is 7.14. The van der Waals surface area contributed by atoms with Crippen molar-refractivity contribution in [2.24, 2.45) is 0 Å². The summed E-state index contributed by atoms with van der Waals surface area (Å²) in [6, 6.07) is 17.2. The van der Waals surface area contributed by atoms with E-state index in [0.717, 1.165) is 21.3 Å². The Morgan fingerprint density at radius 2 is 1.61 bits per heavy atom. The van der Waals surface area contributed by atoms with Gasteiger partial charge in [0.25, 0.3) is 0 Å². The van der Waals surface area contributed by atoms with Crippen molar-refractivity contribution in [2.45, 2.75) is 13.5 Å². The standard InChI is InChI=1S/C25H24BrN3O4/c1-4-32-17-7-5-16(6-8-17)14-28-25-13-21(33-18-9-10-24(26)27-15-18)19-11-22(30-2)23(31-3)12-20(19)29-25/h5-13,15H,4,14H2,1-3H3,(H,28,29). The van der Waals surface area contributed by atoms with Gasteiger partial charge in [-0.3, -0.25) is 0 Å². The molecule has 0 unspecified atom stereocenters. The molecule has 7 nitrogen and oxygen atoms in total. The van der Waals surface area contributed by atoms with Crippen molar-refractivity contribution in [1.82, 2.24) is 9.97 Å². The largest absolute Gasteiger partial charge is 0.494 e. The van der Waals surface area contributed by atoms with Crippen molar-refractivity contribution in [2.75, 3.05) is 26.1 Å². The molecule has 0 aliphatic carbocycles. The molecular weight excluding hydrogens is 486 g/mol. The van der Waals surface area contributed by atoms with Crippen LogP contribution in [0.4, 0.5) is 5.82 Å². The first-order valence-corrected chi connectivity index (χ1v) is 11.2. The van der Waals surface area contributed by atoms with Gasteiger partial charge in [0.05, 0.1) is 32.5 Å². The molecule has 0 spiro atoms. The van der Waals surface area contributed by atoms with E-state index in [9.17, 15) is 0 Å². The fourth-order valence-corrected chi connectivity index (χ4v) is 3.54. The minimum Gasteiger partial charge on any atom is -0.494 e. The monoisotopic (exact) mass is 509 g/mol. The maximum absolute atomic E-state index is 6.18. The van der Waals surface area contributed by atoms with E-state index in [1.807, 2.05) is 61.5 Å². The Hall–Kier alpha value is -3.52. The van der Waals surface area contributed by atoms with Gasteiger partial charge in [0, 0.05) is 24.1 Å². The first-order chi connectivity index (χ1) is 16.1. The molecule has 8 heteroatoms. The fraction of sp³-hybridized carbons (Fsp3) is 0.200. The lowest BCUT2D eigenvalue weighted by molar-refractivity contribution is 0.340. The molecule has 0 radical (unpaired) electrons. The Labute approximate surface area is 200 Å². The van der Waals surface area contributed by atoms with Gasteiger partial charge in [-0.15, -0.1) is 0 Å². The van der Waals surface area contributed by atoms with Crippen molar-refractivity contribution in [3.63, 3.8) is 0 Å². The topological polar surface area (TPSA) is 74.7 Å². The summed E-state index contributed by atoms with van der Waals surface area (Å²) in [6.45, 7) is 3.20. The van der Waals surface area contributed by atoms with Crippen molar-refractivity contribution in [3.8, 4) is 28.7 Å². The number of nitrogens with one attached hydrogen (secondary N) is 1. The maximum Gasteiger partial charge on any atom is 0.162 e. The van der Waals surface area contributed by atoms with E-state index in [1.165, 1.54) is 0 Å². The van der Waals surface area contributed by atoms with E-state index in [0.29, 0.717) is 47.5 Å². The molecular formula is C25H24BrN3O4. The molecule has 33 heavy (non-hydrogen) atoms. The Balaban J connectivity index is 1.67. The van der Waals surface area contributed by atoms with E-state index in [1.54, 1.807) is 20.4 Å². The van der Waals surface area contributed by atoms with Crippen LogP contribution in [0.2, 0.25) is 0 Å². The second kappa shape index (κ2) is 10.4. The van der Waals surface area contributed by atoms with Crippen LogP contribution in [0.25, 0.3) is 10.9 Å². The third-order valence-corrected chi connectivity index (χ3v) is 5.38. The molecule has 0 aliphatic heterocycles. The van der Waals surface area contributed by atoms with Crippen molar-refractivity contribution in [3.05, 3.63) is 71.0 Å². The molecule has 4 rings (SSSR count). The van der Waals surface area contributed by atoms with Gasteiger partial charge in [-0.25, -0.2) is 9.97 Å². The number of hydrogen-bond donors (Lipinski definition) is 1. The lowest BCUT2D eigenvalue weighted by atomic mass is 10.1. The molecule has 0 amide bonds. The van der Waals surface area contributed by atoms with Crippen LogP contribution < -0.4 is 24.3 Å². The average Bonchev–Trinajstić information content (AvgIpc) is 2.84. The molecule has 0 saturated carbocycles. The fourth-order valence-electron chi connectivity index (χ4n) is 3.31. The van der Waals surface area contributed by atoms with Crippen molar-refractivity contribution in [1.29, 1.82) is 0 Å². The predicted octanol–water partition coefficient (Wildman–Crippen LogP) is 6.21. The number of aromatic nitrogens is 2. The minimum atomic E-state index is 0.595. The summed E-state index contributed by atoms with van der Waals surface area (Å²) in [6.07, 6.45) is 1.66. The normalized spacial score (nSPS) is 10.7. The maximum atomic E-state index is 6.18. The number of pyridine rings is 2. The Bertz CT molecular complexity index is 1230. The Morgan fingerprint density at radius 3 is 2.27 bits per heavy atom. The van der Waals surface area contributed by atoms with Crippen LogP contribution in [-0.2, 0) is 6.54 Å². The molecule has 0 fully saturated rings. The third kappa shape index (κ3) is 5.46. The summed E-state index contributed by atoms with van der Waals surface area (Å²) in [7, 11) is 3.20. The van der Waals surface area contributed by atoms with Gasteiger partial charge >= 0.3 is 0 Å². The van der Waals surface area contributed by atoms with E-state index in [2.05, 4.69) is 26.2 Å². The van der Waals surface area contributed by atoms with Gasteiger partial charge in [0.15, 0.2) is 11.5 Å². The lowest BCUT2D eigenvalue weighted by Gasteiger charge is -2.15. The van der Waals surface area contributed by atoms with E-state index >= 15 is 0 Å². The minimum absolute atomic E-state index is 0.595. The molecule has 0 saturated heterocycles. The summed E-state index contributed by atoms with van der Waals surface area (Å²) in [4.78, 5) is 9.00. The smallest absolute Gasteiger partial charge is 0.162 e. The molecule has 2 heterocycles. The predicted molar refractivity (Wildman–Crippen MR) is 132 cm³/mol. The van der Waals surface area contributed by atoms with Crippen molar-refractivity contribution < 1.29 is 18.9 Å². The highest BCUT2D eigenvalue weighted by molar-refractivity contribution is 9.10. The number of hydrogen-bond acceptors (Lipinski definition) is 7.